The highest BCUT2D eigenvalue weighted by Crippen LogP contribution is 2.24. The summed E-state index contributed by atoms with van der Waals surface area (Å²) >= 11 is 6.09. The van der Waals surface area contributed by atoms with Crippen molar-refractivity contribution in [2.45, 2.75) is 31.4 Å². The number of fused-ring (bicyclic) bond motifs is 1. The van der Waals surface area contributed by atoms with Gasteiger partial charge in [0, 0.05) is 24.0 Å². The van der Waals surface area contributed by atoms with Crippen LogP contribution in [0.5, 0.6) is 0 Å². The Morgan fingerprint density at radius 3 is 3.11 bits per heavy atom. The van der Waals surface area contributed by atoms with Gasteiger partial charge in [0.15, 0.2) is 5.78 Å². The lowest BCUT2D eigenvalue weighted by Crippen LogP contribution is -2.49. The number of morpholine rings is 1. The Labute approximate surface area is 118 Å². The Morgan fingerprint density at radius 1 is 1.42 bits per heavy atom. The van der Waals surface area contributed by atoms with E-state index in [1.807, 2.05) is 24.3 Å². The molecule has 2 unspecified atom stereocenters. The van der Waals surface area contributed by atoms with Crippen molar-refractivity contribution in [3.05, 3.63) is 34.9 Å². The minimum absolute atomic E-state index is 0.137. The normalized spacial score (nSPS) is 27.2. The highest BCUT2D eigenvalue weighted by atomic mass is 35.5. The molecule has 0 N–H and O–H groups in total. The van der Waals surface area contributed by atoms with Crippen molar-refractivity contribution in [2.24, 2.45) is 0 Å². The van der Waals surface area contributed by atoms with Crippen molar-refractivity contribution in [3.8, 4) is 0 Å². The molecule has 2 saturated heterocycles. The van der Waals surface area contributed by atoms with Crippen LogP contribution in [0.15, 0.2) is 24.3 Å². The summed E-state index contributed by atoms with van der Waals surface area (Å²) in [6.07, 6.45) is 2.50. The van der Waals surface area contributed by atoms with Gasteiger partial charge in [0.2, 0.25) is 0 Å². The maximum atomic E-state index is 12.3. The van der Waals surface area contributed by atoms with Crippen LogP contribution < -0.4 is 0 Å². The molecule has 2 atom stereocenters. The molecule has 1 aromatic rings. The molecule has 102 valence electrons. The maximum Gasteiger partial charge on any atom is 0.167 e. The molecule has 1 aromatic carbocycles. The van der Waals surface area contributed by atoms with Crippen molar-refractivity contribution in [2.75, 3.05) is 19.7 Å². The minimum Gasteiger partial charge on any atom is -0.367 e. The smallest absolute Gasteiger partial charge is 0.167 e. The molecule has 0 aromatic heterocycles. The van der Waals surface area contributed by atoms with E-state index in [0.29, 0.717) is 24.1 Å². The summed E-state index contributed by atoms with van der Waals surface area (Å²) < 4.78 is 5.73. The van der Waals surface area contributed by atoms with Crippen LogP contribution in [-0.2, 0) is 16.0 Å². The van der Waals surface area contributed by atoms with Gasteiger partial charge in [-0.2, -0.15) is 0 Å². The van der Waals surface area contributed by atoms with Gasteiger partial charge in [0.1, 0.15) is 6.10 Å². The highest BCUT2D eigenvalue weighted by Gasteiger charge is 2.35. The monoisotopic (exact) mass is 279 g/mol. The quantitative estimate of drug-likeness (QED) is 0.850. The number of Topliss-reactive ketones (excluding diaryl/α,β-unsaturated/α-hetero) is 1. The third-order valence-corrected chi connectivity index (χ3v) is 4.44. The van der Waals surface area contributed by atoms with Gasteiger partial charge in [-0.15, -0.1) is 0 Å². The third-order valence-electron chi connectivity index (χ3n) is 4.07. The van der Waals surface area contributed by atoms with Crippen molar-refractivity contribution < 1.29 is 9.53 Å². The number of carbonyl (C=O) groups is 1. The number of halogens is 1. The number of hydrogen-bond acceptors (Lipinski definition) is 3. The van der Waals surface area contributed by atoms with Crippen LogP contribution >= 0.6 is 11.6 Å². The lowest BCUT2D eigenvalue weighted by atomic mass is 10.0. The van der Waals surface area contributed by atoms with E-state index in [0.717, 1.165) is 18.7 Å². The summed E-state index contributed by atoms with van der Waals surface area (Å²) in [5.41, 5.74) is 0.890. The number of ketones is 1. The number of benzene rings is 1. The molecule has 4 heteroatoms. The predicted octanol–water partition coefficient (Wildman–Crippen LogP) is 2.31. The maximum absolute atomic E-state index is 12.3. The molecule has 0 radical (unpaired) electrons. The molecule has 0 aliphatic carbocycles. The third kappa shape index (κ3) is 2.83. The Morgan fingerprint density at radius 2 is 2.26 bits per heavy atom. The van der Waals surface area contributed by atoms with Gasteiger partial charge in [0.05, 0.1) is 6.61 Å². The van der Waals surface area contributed by atoms with Crippen LogP contribution in [0.4, 0.5) is 0 Å². The van der Waals surface area contributed by atoms with Gasteiger partial charge >= 0.3 is 0 Å². The molecular formula is C15H18ClNO2. The number of nitrogens with zero attached hydrogens (tertiary/aromatic N) is 1. The standard InChI is InChI=1S/C15H18ClNO2/c16-13-6-2-1-4-11(13)8-14(18)15-9-17-7-3-5-12(17)10-19-15/h1-2,4,6,12,15H,3,5,7-10H2. The minimum atomic E-state index is -0.286. The molecular weight excluding hydrogens is 262 g/mol. The first-order chi connectivity index (χ1) is 9.24. The molecule has 0 saturated carbocycles. The van der Waals surface area contributed by atoms with Crippen LogP contribution in [0.2, 0.25) is 5.02 Å². The van der Waals surface area contributed by atoms with Gasteiger partial charge < -0.3 is 4.74 Å². The van der Waals surface area contributed by atoms with Gasteiger partial charge in [0.25, 0.3) is 0 Å². The van der Waals surface area contributed by atoms with Crippen LogP contribution in [0.1, 0.15) is 18.4 Å². The van der Waals surface area contributed by atoms with E-state index in [1.165, 1.54) is 12.8 Å². The summed E-state index contributed by atoms with van der Waals surface area (Å²) in [5.74, 6) is 0.137. The predicted molar refractivity (Wildman–Crippen MR) is 74.5 cm³/mol. The van der Waals surface area contributed by atoms with E-state index in [4.69, 9.17) is 16.3 Å². The number of rotatable bonds is 3. The highest BCUT2D eigenvalue weighted by molar-refractivity contribution is 6.31. The molecule has 2 fully saturated rings. The van der Waals surface area contributed by atoms with Crippen LogP contribution in [0, 0.1) is 0 Å². The first-order valence-corrected chi connectivity index (χ1v) is 7.23. The number of ether oxygens (including phenoxy) is 1. The van der Waals surface area contributed by atoms with Gasteiger partial charge in [-0.25, -0.2) is 0 Å². The fraction of sp³-hybridized carbons (Fsp3) is 0.533. The number of hydrogen-bond donors (Lipinski definition) is 0. The van der Waals surface area contributed by atoms with Crippen molar-refractivity contribution in [1.82, 2.24) is 4.90 Å². The largest absolute Gasteiger partial charge is 0.367 e. The fourth-order valence-electron chi connectivity index (χ4n) is 2.96. The molecule has 0 bridgehead atoms. The summed E-state index contributed by atoms with van der Waals surface area (Å²) in [6, 6.07) is 8.04. The molecule has 3 nitrogen and oxygen atoms in total. The molecule has 0 spiro atoms. The second kappa shape index (κ2) is 5.61. The molecule has 3 rings (SSSR count). The molecule has 2 heterocycles. The van der Waals surface area contributed by atoms with Gasteiger partial charge in [-0.05, 0) is 31.0 Å². The summed E-state index contributed by atoms with van der Waals surface area (Å²) in [6.45, 7) is 2.54. The van der Waals surface area contributed by atoms with E-state index in [1.54, 1.807) is 0 Å². The first-order valence-electron chi connectivity index (χ1n) is 6.86. The Kier molecular flexibility index (Phi) is 3.87. The van der Waals surface area contributed by atoms with Crippen molar-refractivity contribution in [3.63, 3.8) is 0 Å². The SMILES string of the molecule is O=C(Cc1ccccc1Cl)C1CN2CCCC2CO1. The molecule has 19 heavy (non-hydrogen) atoms. The first kappa shape index (κ1) is 13.1. The summed E-state index contributed by atoms with van der Waals surface area (Å²) in [5, 5.41) is 0.658. The van der Waals surface area contributed by atoms with Crippen molar-refractivity contribution in [1.29, 1.82) is 0 Å². The van der Waals surface area contributed by atoms with Crippen LogP contribution in [0.3, 0.4) is 0 Å². The Hall–Kier alpha value is -0.900. The van der Waals surface area contributed by atoms with Crippen LogP contribution in [-0.4, -0.2) is 42.5 Å². The molecule has 2 aliphatic heterocycles. The zero-order valence-corrected chi connectivity index (χ0v) is 11.6. The Balaban J connectivity index is 1.63. The van der Waals surface area contributed by atoms with Crippen molar-refractivity contribution >= 4 is 17.4 Å². The average Bonchev–Trinajstić information content (AvgIpc) is 2.88. The lowest BCUT2D eigenvalue weighted by molar-refractivity contribution is -0.137. The lowest BCUT2D eigenvalue weighted by Gasteiger charge is -2.34. The van der Waals surface area contributed by atoms with E-state index >= 15 is 0 Å². The van der Waals surface area contributed by atoms with E-state index in [-0.39, 0.29) is 11.9 Å². The molecule has 2 aliphatic rings. The zero-order chi connectivity index (χ0) is 13.2. The fourth-order valence-corrected chi connectivity index (χ4v) is 3.16. The van der Waals surface area contributed by atoms with E-state index in [9.17, 15) is 4.79 Å². The van der Waals surface area contributed by atoms with E-state index < -0.39 is 0 Å². The van der Waals surface area contributed by atoms with Crippen LogP contribution in [0.25, 0.3) is 0 Å². The van der Waals surface area contributed by atoms with Gasteiger partial charge in [-0.1, -0.05) is 29.8 Å². The zero-order valence-electron chi connectivity index (χ0n) is 10.8. The average molecular weight is 280 g/mol. The topological polar surface area (TPSA) is 29.5 Å². The summed E-state index contributed by atoms with van der Waals surface area (Å²) in [4.78, 5) is 14.7. The Bertz CT molecular complexity index is 477. The summed E-state index contributed by atoms with van der Waals surface area (Å²) in [7, 11) is 0. The number of carbonyl (C=O) groups excluding carboxylic acids is 1. The van der Waals surface area contributed by atoms with E-state index in [2.05, 4.69) is 4.90 Å². The second-order valence-electron chi connectivity index (χ2n) is 5.35. The van der Waals surface area contributed by atoms with Gasteiger partial charge in [-0.3, -0.25) is 9.69 Å². The molecule has 0 amide bonds. The second-order valence-corrected chi connectivity index (χ2v) is 5.75.